The van der Waals surface area contributed by atoms with Crippen molar-refractivity contribution in [2.75, 3.05) is 6.61 Å². The Labute approximate surface area is 96.6 Å². The number of hydrogen-bond donors (Lipinski definition) is 2. The highest BCUT2D eigenvalue weighted by molar-refractivity contribution is 5.77. The Bertz CT molecular complexity index is 251. The van der Waals surface area contributed by atoms with Crippen LogP contribution in [0.5, 0.6) is 0 Å². The van der Waals surface area contributed by atoms with Gasteiger partial charge in [0.2, 0.25) is 0 Å². The van der Waals surface area contributed by atoms with Gasteiger partial charge in [-0.3, -0.25) is 0 Å². The lowest BCUT2D eigenvalue weighted by molar-refractivity contribution is -0.173. The first-order chi connectivity index (χ1) is 7.41. The van der Waals surface area contributed by atoms with E-state index in [4.69, 9.17) is 9.84 Å². The van der Waals surface area contributed by atoms with Crippen LogP contribution in [-0.2, 0) is 9.53 Å². The van der Waals surface area contributed by atoms with Gasteiger partial charge in [-0.2, -0.15) is 0 Å². The molecule has 3 atom stereocenters. The molecule has 1 aliphatic heterocycles. The van der Waals surface area contributed by atoms with Crippen molar-refractivity contribution in [3.63, 3.8) is 0 Å². The van der Waals surface area contributed by atoms with E-state index in [1.807, 2.05) is 0 Å². The highest BCUT2D eigenvalue weighted by Gasteiger charge is 2.45. The number of aliphatic carboxylic acids is 1. The molecule has 1 rings (SSSR count). The summed E-state index contributed by atoms with van der Waals surface area (Å²) < 4.78 is 5.58. The average Bonchev–Trinajstić information content (AvgIpc) is 2.27. The third-order valence-electron chi connectivity index (χ3n) is 3.64. The molecule has 0 radical (unpaired) electrons. The van der Waals surface area contributed by atoms with Gasteiger partial charge in [-0.05, 0) is 25.2 Å². The Morgan fingerprint density at radius 2 is 2.19 bits per heavy atom. The highest BCUT2D eigenvalue weighted by atomic mass is 16.5. The monoisotopic (exact) mass is 230 g/mol. The topological polar surface area (TPSA) is 66.8 Å². The lowest BCUT2D eigenvalue weighted by Crippen LogP contribution is -2.49. The summed E-state index contributed by atoms with van der Waals surface area (Å²) >= 11 is 0. The normalized spacial score (nSPS) is 30.1. The minimum Gasteiger partial charge on any atom is -0.479 e. The lowest BCUT2D eigenvalue weighted by atomic mass is 9.77. The molecular weight excluding hydrogens is 208 g/mol. The average molecular weight is 230 g/mol. The van der Waals surface area contributed by atoms with E-state index < -0.39 is 11.6 Å². The second-order valence-electron chi connectivity index (χ2n) is 4.96. The number of ether oxygens (including phenoxy) is 1. The van der Waals surface area contributed by atoms with E-state index in [0.717, 1.165) is 0 Å². The van der Waals surface area contributed by atoms with Crippen LogP contribution in [0.15, 0.2) is 0 Å². The van der Waals surface area contributed by atoms with Gasteiger partial charge in [-0.1, -0.05) is 20.8 Å². The molecule has 94 valence electrons. The number of rotatable bonds is 4. The summed E-state index contributed by atoms with van der Waals surface area (Å²) in [5.74, 6) is -0.946. The van der Waals surface area contributed by atoms with Crippen molar-refractivity contribution in [1.29, 1.82) is 0 Å². The Morgan fingerprint density at radius 3 is 2.62 bits per heavy atom. The van der Waals surface area contributed by atoms with Gasteiger partial charge in [0.25, 0.3) is 0 Å². The second-order valence-corrected chi connectivity index (χ2v) is 4.96. The highest BCUT2D eigenvalue weighted by Crippen LogP contribution is 2.34. The number of hydrogen-bond acceptors (Lipinski definition) is 3. The maximum atomic E-state index is 11.1. The standard InChI is InChI=1S/C12H22O4/c1-4-12(15,11(13)14)9-5-6-16-10(7-9)8(2)3/h8-10,15H,4-7H2,1-3H3,(H,13,14). The zero-order chi connectivity index (χ0) is 12.3. The second kappa shape index (κ2) is 5.15. The fourth-order valence-electron chi connectivity index (χ4n) is 2.34. The van der Waals surface area contributed by atoms with Gasteiger partial charge in [0.05, 0.1) is 6.10 Å². The van der Waals surface area contributed by atoms with Crippen LogP contribution in [0.3, 0.4) is 0 Å². The van der Waals surface area contributed by atoms with Gasteiger partial charge in [-0.25, -0.2) is 4.79 Å². The van der Waals surface area contributed by atoms with Crippen LogP contribution in [0.1, 0.15) is 40.0 Å². The minimum absolute atomic E-state index is 0.0659. The van der Waals surface area contributed by atoms with Gasteiger partial charge in [0.15, 0.2) is 5.60 Å². The molecule has 0 aromatic carbocycles. The maximum absolute atomic E-state index is 11.1. The van der Waals surface area contributed by atoms with E-state index in [1.54, 1.807) is 6.92 Å². The third-order valence-corrected chi connectivity index (χ3v) is 3.64. The molecule has 0 saturated carbocycles. The molecule has 0 aromatic heterocycles. The summed E-state index contributed by atoms with van der Waals surface area (Å²) in [6, 6.07) is 0. The van der Waals surface area contributed by atoms with Crippen molar-refractivity contribution in [1.82, 2.24) is 0 Å². The molecule has 0 amide bonds. The molecule has 4 nitrogen and oxygen atoms in total. The Morgan fingerprint density at radius 1 is 1.56 bits per heavy atom. The number of aliphatic hydroxyl groups is 1. The van der Waals surface area contributed by atoms with Crippen LogP contribution in [0.2, 0.25) is 0 Å². The lowest BCUT2D eigenvalue weighted by Gasteiger charge is -2.38. The molecule has 16 heavy (non-hydrogen) atoms. The first-order valence-corrected chi connectivity index (χ1v) is 5.99. The van der Waals surface area contributed by atoms with Crippen molar-refractivity contribution < 1.29 is 19.7 Å². The van der Waals surface area contributed by atoms with E-state index in [1.165, 1.54) is 0 Å². The quantitative estimate of drug-likeness (QED) is 0.771. The number of carbonyl (C=O) groups is 1. The summed E-state index contributed by atoms with van der Waals surface area (Å²) in [6.45, 7) is 6.37. The van der Waals surface area contributed by atoms with Gasteiger partial charge < -0.3 is 14.9 Å². The molecule has 1 heterocycles. The van der Waals surface area contributed by atoms with Crippen LogP contribution >= 0.6 is 0 Å². The summed E-state index contributed by atoms with van der Waals surface area (Å²) in [4.78, 5) is 11.1. The summed E-state index contributed by atoms with van der Waals surface area (Å²) in [6.07, 6.45) is 1.57. The molecule has 1 saturated heterocycles. The van der Waals surface area contributed by atoms with Gasteiger partial charge >= 0.3 is 5.97 Å². The Kier molecular flexibility index (Phi) is 4.33. The molecule has 0 aromatic rings. The SMILES string of the molecule is CCC(O)(C(=O)O)C1CCOC(C(C)C)C1. The molecule has 3 unspecified atom stereocenters. The van der Waals surface area contributed by atoms with E-state index in [2.05, 4.69) is 13.8 Å². The summed E-state index contributed by atoms with van der Waals surface area (Å²) in [5, 5.41) is 19.3. The van der Waals surface area contributed by atoms with Crippen molar-refractivity contribution in [2.45, 2.75) is 51.7 Å². The van der Waals surface area contributed by atoms with Gasteiger partial charge in [-0.15, -0.1) is 0 Å². The van der Waals surface area contributed by atoms with Crippen molar-refractivity contribution in [3.05, 3.63) is 0 Å². The Balaban J connectivity index is 2.75. The van der Waals surface area contributed by atoms with Gasteiger partial charge in [0, 0.05) is 12.5 Å². The van der Waals surface area contributed by atoms with Crippen LogP contribution in [0.4, 0.5) is 0 Å². The van der Waals surface area contributed by atoms with Crippen LogP contribution in [0, 0.1) is 11.8 Å². The first-order valence-electron chi connectivity index (χ1n) is 5.99. The zero-order valence-electron chi connectivity index (χ0n) is 10.3. The predicted octanol–water partition coefficient (Wildman–Crippen LogP) is 1.66. The number of carboxylic acids is 1. The fraction of sp³-hybridized carbons (Fsp3) is 0.917. The molecule has 0 bridgehead atoms. The smallest absolute Gasteiger partial charge is 0.335 e. The zero-order valence-corrected chi connectivity index (χ0v) is 10.3. The van der Waals surface area contributed by atoms with Crippen LogP contribution in [-0.4, -0.2) is 34.5 Å². The van der Waals surface area contributed by atoms with Crippen molar-refractivity contribution in [2.24, 2.45) is 11.8 Å². The molecule has 1 aliphatic rings. The van der Waals surface area contributed by atoms with Crippen molar-refractivity contribution >= 4 is 5.97 Å². The van der Waals surface area contributed by atoms with E-state index in [-0.39, 0.29) is 18.4 Å². The van der Waals surface area contributed by atoms with Gasteiger partial charge in [0.1, 0.15) is 0 Å². The molecule has 2 N–H and O–H groups in total. The summed E-state index contributed by atoms with van der Waals surface area (Å²) in [7, 11) is 0. The molecule has 4 heteroatoms. The van der Waals surface area contributed by atoms with E-state index in [9.17, 15) is 9.90 Å². The Hall–Kier alpha value is -0.610. The van der Waals surface area contributed by atoms with Crippen LogP contribution < -0.4 is 0 Å². The molecule has 1 fully saturated rings. The molecular formula is C12H22O4. The first kappa shape index (κ1) is 13.5. The minimum atomic E-state index is -1.59. The summed E-state index contributed by atoms with van der Waals surface area (Å²) in [5.41, 5.74) is -1.59. The molecule has 0 aliphatic carbocycles. The van der Waals surface area contributed by atoms with Crippen LogP contribution in [0.25, 0.3) is 0 Å². The maximum Gasteiger partial charge on any atom is 0.335 e. The number of carboxylic acid groups (broad SMARTS) is 1. The van der Waals surface area contributed by atoms with E-state index >= 15 is 0 Å². The van der Waals surface area contributed by atoms with Crippen molar-refractivity contribution in [3.8, 4) is 0 Å². The predicted molar refractivity (Wildman–Crippen MR) is 60.2 cm³/mol. The van der Waals surface area contributed by atoms with E-state index in [0.29, 0.717) is 25.4 Å². The fourth-order valence-corrected chi connectivity index (χ4v) is 2.34. The molecule has 0 spiro atoms. The largest absolute Gasteiger partial charge is 0.479 e. The third kappa shape index (κ3) is 2.55.